The van der Waals surface area contributed by atoms with Gasteiger partial charge in [-0.15, -0.1) is 0 Å². The molecule has 0 amide bonds. The first kappa shape index (κ1) is 20.7. The Hall–Kier alpha value is -2.17. The maximum absolute atomic E-state index is 11.6. The molecule has 5 rings (SSSR count). The topological polar surface area (TPSA) is 41.6 Å². The molecule has 0 radical (unpaired) electrons. The maximum atomic E-state index is 11.6. The summed E-state index contributed by atoms with van der Waals surface area (Å²) in [6, 6.07) is 17.7. The molecule has 1 spiro atoms. The highest BCUT2D eigenvalue weighted by Gasteiger charge is 2.56. The van der Waals surface area contributed by atoms with Gasteiger partial charge >= 0.3 is 5.97 Å². The lowest BCUT2D eigenvalue weighted by molar-refractivity contribution is 0.0600. The number of esters is 1. The third kappa shape index (κ3) is 4.28. The van der Waals surface area contributed by atoms with Crippen LogP contribution in [0, 0.1) is 5.92 Å². The van der Waals surface area contributed by atoms with Crippen molar-refractivity contribution in [1.82, 2.24) is 10.2 Å². The van der Waals surface area contributed by atoms with Crippen LogP contribution in [0.1, 0.15) is 59.2 Å². The summed E-state index contributed by atoms with van der Waals surface area (Å²) in [5.41, 5.74) is 5.54. The number of carbonyl (C=O) groups excluding carboxylic acids is 1. The van der Waals surface area contributed by atoms with Gasteiger partial charge in [0, 0.05) is 18.0 Å². The van der Waals surface area contributed by atoms with Gasteiger partial charge in [-0.05, 0) is 92.9 Å². The summed E-state index contributed by atoms with van der Waals surface area (Å²) in [7, 11) is 1.42. The zero-order chi connectivity index (χ0) is 21.3. The predicted octanol–water partition coefficient (Wildman–Crippen LogP) is 4.32. The van der Waals surface area contributed by atoms with Gasteiger partial charge in [-0.1, -0.05) is 36.4 Å². The number of carbonyl (C=O) groups is 1. The maximum Gasteiger partial charge on any atom is 0.337 e. The van der Waals surface area contributed by atoms with Crippen LogP contribution in [0.15, 0.2) is 48.5 Å². The van der Waals surface area contributed by atoms with E-state index < -0.39 is 0 Å². The number of rotatable bonds is 6. The molecule has 2 aromatic rings. The van der Waals surface area contributed by atoms with Crippen LogP contribution in [-0.2, 0) is 23.1 Å². The standard InChI is InChI=1S/C27H34N2O2/c1-31-26(30)23-10-8-21(9-11-23)19-29-15-12-20(13-16-29)18-28-25-17-27(25)14-4-6-22-5-2-3-7-24(22)27/h2-3,5,7-11,20,25,28H,4,6,12-19H2,1H3. The second kappa shape index (κ2) is 8.76. The Balaban J connectivity index is 1.08. The van der Waals surface area contributed by atoms with Gasteiger partial charge in [-0.3, -0.25) is 4.90 Å². The second-order valence-electron chi connectivity index (χ2n) is 9.74. The molecule has 1 N–H and O–H groups in total. The van der Waals surface area contributed by atoms with E-state index in [2.05, 4.69) is 46.6 Å². The highest BCUT2D eigenvalue weighted by atomic mass is 16.5. The fraction of sp³-hybridized carbons (Fsp3) is 0.519. The van der Waals surface area contributed by atoms with Crippen molar-refractivity contribution in [3.63, 3.8) is 0 Å². The lowest BCUT2D eigenvalue weighted by Crippen LogP contribution is -2.38. The van der Waals surface area contributed by atoms with E-state index in [1.807, 2.05) is 12.1 Å². The minimum Gasteiger partial charge on any atom is -0.465 e. The number of benzene rings is 2. The molecule has 1 saturated heterocycles. The highest BCUT2D eigenvalue weighted by Crippen LogP contribution is 2.55. The van der Waals surface area contributed by atoms with Gasteiger partial charge in [0.2, 0.25) is 0 Å². The molecule has 2 unspecified atom stereocenters. The summed E-state index contributed by atoms with van der Waals surface area (Å²) in [6.07, 6.45) is 7.81. The number of hydrogen-bond acceptors (Lipinski definition) is 4. The molecule has 3 aliphatic rings. The third-order valence-electron chi connectivity index (χ3n) is 7.84. The van der Waals surface area contributed by atoms with E-state index >= 15 is 0 Å². The van der Waals surface area contributed by atoms with Gasteiger partial charge < -0.3 is 10.1 Å². The molecule has 4 nitrogen and oxygen atoms in total. The lowest BCUT2D eigenvalue weighted by Gasteiger charge is -2.32. The average Bonchev–Trinajstić information content (AvgIpc) is 3.51. The van der Waals surface area contributed by atoms with Crippen molar-refractivity contribution in [2.24, 2.45) is 5.92 Å². The minimum atomic E-state index is -0.269. The van der Waals surface area contributed by atoms with Crippen molar-refractivity contribution in [2.45, 2.75) is 56.5 Å². The summed E-state index contributed by atoms with van der Waals surface area (Å²) in [6.45, 7) is 4.44. The first-order valence-electron chi connectivity index (χ1n) is 11.9. The zero-order valence-corrected chi connectivity index (χ0v) is 18.6. The number of methoxy groups -OCH3 is 1. The molecule has 0 aromatic heterocycles. The van der Waals surface area contributed by atoms with Crippen LogP contribution in [0.4, 0.5) is 0 Å². The normalized spacial score (nSPS) is 25.9. The monoisotopic (exact) mass is 418 g/mol. The summed E-state index contributed by atoms with van der Waals surface area (Å²) < 4.78 is 4.78. The molecule has 0 bridgehead atoms. The Morgan fingerprint density at radius 1 is 1.13 bits per heavy atom. The molecule has 1 heterocycles. The van der Waals surface area contributed by atoms with Crippen LogP contribution in [-0.4, -0.2) is 43.7 Å². The second-order valence-corrected chi connectivity index (χ2v) is 9.74. The van der Waals surface area contributed by atoms with Crippen molar-refractivity contribution in [1.29, 1.82) is 0 Å². The van der Waals surface area contributed by atoms with Gasteiger partial charge in [-0.2, -0.15) is 0 Å². The Bertz CT molecular complexity index is 917. The molecular formula is C27H34N2O2. The number of nitrogens with zero attached hydrogens (tertiary/aromatic N) is 1. The highest BCUT2D eigenvalue weighted by molar-refractivity contribution is 5.89. The summed E-state index contributed by atoms with van der Waals surface area (Å²) in [4.78, 5) is 14.1. The first-order valence-corrected chi connectivity index (χ1v) is 11.9. The molecule has 4 heteroatoms. The number of piperidine rings is 1. The Kier molecular flexibility index (Phi) is 5.85. The fourth-order valence-electron chi connectivity index (χ4n) is 5.88. The van der Waals surface area contributed by atoms with E-state index in [1.54, 1.807) is 11.1 Å². The van der Waals surface area contributed by atoms with Crippen molar-refractivity contribution >= 4 is 5.97 Å². The molecule has 1 aliphatic heterocycles. The molecule has 1 saturated carbocycles. The summed E-state index contributed by atoms with van der Waals surface area (Å²) >= 11 is 0. The van der Waals surface area contributed by atoms with Gasteiger partial charge in [0.25, 0.3) is 0 Å². The predicted molar refractivity (Wildman–Crippen MR) is 123 cm³/mol. The summed E-state index contributed by atoms with van der Waals surface area (Å²) in [5, 5.41) is 3.95. The molecule has 2 atom stereocenters. The van der Waals surface area contributed by atoms with Crippen molar-refractivity contribution < 1.29 is 9.53 Å². The number of hydrogen-bond donors (Lipinski definition) is 1. The molecule has 31 heavy (non-hydrogen) atoms. The quantitative estimate of drug-likeness (QED) is 0.710. The Morgan fingerprint density at radius 2 is 1.90 bits per heavy atom. The fourth-order valence-corrected chi connectivity index (χ4v) is 5.88. The SMILES string of the molecule is COC(=O)c1ccc(CN2CCC(CNC3CC34CCCc3ccccc34)CC2)cc1. The molecule has 2 aliphatic carbocycles. The number of nitrogens with one attached hydrogen (secondary N) is 1. The first-order chi connectivity index (χ1) is 15.2. The zero-order valence-electron chi connectivity index (χ0n) is 18.6. The molecule has 164 valence electrons. The van der Waals surface area contributed by atoms with Crippen LogP contribution in [0.25, 0.3) is 0 Å². The van der Waals surface area contributed by atoms with Crippen molar-refractivity contribution in [3.8, 4) is 0 Å². The number of ether oxygens (including phenoxy) is 1. The minimum absolute atomic E-state index is 0.269. The van der Waals surface area contributed by atoms with Gasteiger partial charge in [0.05, 0.1) is 12.7 Å². The van der Waals surface area contributed by atoms with Crippen molar-refractivity contribution in [3.05, 3.63) is 70.8 Å². The van der Waals surface area contributed by atoms with Crippen LogP contribution in [0.5, 0.6) is 0 Å². The van der Waals surface area contributed by atoms with E-state index in [4.69, 9.17) is 4.74 Å². The number of fused-ring (bicyclic) bond motifs is 2. The Labute approximate surface area is 186 Å². The van der Waals surface area contributed by atoms with E-state index in [-0.39, 0.29) is 5.97 Å². The van der Waals surface area contributed by atoms with E-state index in [0.29, 0.717) is 17.0 Å². The van der Waals surface area contributed by atoms with E-state index in [1.165, 1.54) is 51.2 Å². The van der Waals surface area contributed by atoms with E-state index in [9.17, 15) is 4.79 Å². The lowest BCUT2D eigenvalue weighted by atomic mass is 9.79. The van der Waals surface area contributed by atoms with Gasteiger partial charge in [-0.25, -0.2) is 4.79 Å². The molecular weight excluding hydrogens is 384 g/mol. The smallest absolute Gasteiger partial charge is 0.337 e. The van der Waals surface area contributed by atoms with Crippen LogP contribution in [0.2, 0.25) is 0 Å². The third-order valence-corrected chi connectivity index (χ3v) is 7.84. The number of aryl methyl sites for hydroxylation is 1. The molecule has 2 fully saturated rings. The van der Waals surface area contributed by atoms with E-state index in [0.717, 1.165) is 32.1 Å². The summed E-state index contributed by atoms with van der Waals surface area (Å²) in [5.74, 6) is 0.517. The van der Waals surface area contributed by atoms with Gasteiger partial charge in [0.1, 0.15) is 0 Å². The average molecular weight is 419 g/mol. The Morgan fingerprint density at radius 3 is 2.68 bits per heavy atom. The van der Waals surface area contributed by atoms with Crippen molar-refractivity contribution in [2.75, 3.05) is 26.7 Å². The van der Waals surface area contributed by atoms with Crippen LogP contribution >= 0.6 is 0 Å². The largest absolute Gasteiger partial charge is 0.465 e. The molecule has 2 aromatic carbocycles. The number of likely N-dealkylation sites (tertiary alicyclic amines) is 1. The van der Waals surface area contributed by atoms with Gasteiger partial charge in [0.15, 0.2) is 0 Å². The van der Waals surface area contributed by atoms with Crippen LogP contribution < -0.4 is 5.32 Å². The van der Waals surface area contributed by atoms with Crippen LogP contribution in [0.3, 0.4) is 0 Å².